The number of nitrogens with one attached hydrogen (secondary N) is 2. The van der Waals surface area contributed by atoms with Crippen LogP contribution in [-0.2, 0) is 9.47 Å². The molecule has 0 aliphatic heterocycles. The Morgan fingerprint density at radius 2 is 1.70 bits per heavy atom. The van der Waals surface area contributed by atoms with Gasteiger partial charge in [0, 0.05) is 6.07 Å². The van der Waals surface area contributed by atoms with E-state index in [1.54, 1.807) is 13.8 Å². The predicted octanol–water partition coefficient (Wildman–Crippen LogP) is 1.38. The number of ether oxygens (including phenoxy) is 2. The largest absolute Gasteiger partial charge is 0.450 e. The van der Waals surface area contributed by atoms with Crippen molar-refractivity contribution >= 4 is 35.2 Å². The van der Waals surface area contributed by atoms with Crippen molar-refractivity contribution in [3.63, 3.8) is 0 Å². The summed E-state index contributed by atoms with van der Waals surface area (Å²) in [5, 5.41) is 4.68. The van der Waals surface area contributed by atoms with Crippen LogP contribution in [0.2, 0.25) is 0 Å². The van der Waals surface area contributed by atoms with Crippen LogP contribution in [0.25, 0.3) is 0 Å². The zero-order valence-electron chi connectivity index (χ0n) is 11.2. The van der Waals surface area contributed by atoms with Crippen molar-refractivity contribution in [2.24, 2.45) is 0 Å². The van der Waals surface area contributed by atoms with Gasteiger partial charge in [0.1, 0.15) is 5.82 Å². The fourth-order valence-electron chi connectivity index (χ4n) is 1.27. The normalized spacial score (nSPS) is 9.70. The lowest BCUT2D eigenvalue weighted by Crippen LogP contribution is -2.19. The van der Waals surface area contributed by atoms with E-state index in [2.05, 4.69) is 15.6 Å². The number of nitrogens with two attached hydrogens (primary N) is 2. The Kier molecular flexibility index (Phi) is 5.39. The first-order valence-corrected chi connectivity index (χ1v) is 5.91. The van der Waals surface area contributed by atoms with Gasteiger partial charge in [0.15, 0.2) is 5.82 Å². The van der Waals surface area contributed by atoms with Gasteiger partial charge in [-0.1, -0.05) is 0 Å². The average molecular weight is 283 g/mol. The standard InChI is InChI=1S/C11H17N5O4/c1-3-19-10(17)15-7-5-6(12)8(13)9(14-7)16-11(18)20-4-2/h5H,3-4,13H2,1-2H3,(H4,12,14,15,16,17,18). The monoisotopic (exact) mass is 283 g/mol. The van der Waals surface area contributed by atoms with Gasteiger partial charge in [0.2, 0.25) is 0 Å². The maximum absolute atomic E-state index is 11.3. The number of aromatic nitrogens is 1. The van der Waals surface area contributed by atoms with Crippen molar-refractivity contribution in [3.8, 4) is 0 Å². The third-order valence-corrected chi connectivity index (χ3v) is 2.09. The molecule has 0 fully saturated rings. The average Bonchev–Trinajstić information content (AvgIpc) is 2.35. The van der Waals surface area contributed by atoms with E-state index in [1.807, 2.05) is 0 Å². The minimum atomic E-state index is -0.723. The van der Waals surface area contributed by atoms with Crippen molar-refractivity contribution in [1.82, 2.24) is 4.98 Å². The Labute approximate surface area is 115 Å². The summed E-state index contributed by atoms with van der Waals surface area (Å²) in [5.41, 5.74) is 11.6. The molecule has 0 spiro atoms. The van der Waals surface area contributed by atoms with Gasteiger partial charge in [0.25, 0.3) is 0 Å². The van der Waals surface area contributed by atoms with Gasteiger partial charge in [-0.05, 0) is 13.8 Å². The van der Waals surface area contributed by atoms with Crippen LogP contribution < -0.4 is 22.1 Å². The summed E-state index contributed by atoms with van der Waals surface area (Å²) in [5.74, 6) is 0.0946. The third-order valence-electron chi connectivity index (χ3n) is 2.09. The quantitative estimate of drug-likeness (QED) is 0.653. The molecule has 0 atom stereocenters. The van der Waals surface area contributed by atoms with Crippen LogP contribution >= 0.6 is 0 Å². The lowest BCUT2D eigenvalue weighted by molar-refractivity contribution is 0.167. The fourth-order valence-corrected chi connectivity index (χ4v) is 1.27. The number of hydrogen-bond acceptors (Lipinski definition) is 7. The van der Waals surface area contributed by atoms with E-state index in [4.69, 9.17) is 20.9 Å². The molecule has 1 rings (SSSR count). The number of carbonyl (C=O) groups is 2. The Morgan fingerprint density at radius 3 is 2.25 bits per heavy atom. The molecular formula is C11H17N5O4. The van der Waals surface area contributed by atoms with E-state index in [0.717, 1.165) is 0 Å². The first kappa shape index (κ1) is 15.3. The highest BCUT2D eigenvalue weighted by Gasteiger charge is 2.13. The minimum absolute atomic E-state index is 0.00440. The molecule has 110 valence electrons. The van der Waals surface area contributed by atoms with Crippen molar-refractivity contribution in [2.45, 2.75) is 13.8 Å². The number of anilines is 4. The van der Waals surface area contributed by atoms with E-state index in [9.17, 15) is 9.59 Å². The number of carbonyl (C=O) groups excluding carboxylic acids is 2. The Bertz CT molecular complexity index is 506. The van der Waals surface area contributed by atoms with E-state index >= 15 is 0 Å². The molecule has 0 aromatic carbocycles. The summed E-state index contributed by atoms with van der Waals surface area (Å²) < 4.78 is 9.40. The molecule has 0 unspecified atom stereocenters. The van der Waals surface area contributed by atoms with Crippen LogP contribution in [0.15, 0.2) is 6.07 Å². The molecular weight excluding hydrogens is 266 g/mol. The summed E-state index contributed by atoms with van der Waals surface area (Å²) in [7, 11) is 0. The zero-order chi connectivity index (χ0) is 15.1. The van der Waals surface area contributed by atoms with E-state index in [0.29, 0.717) is 0 Å². The molecule has 0 aliphatic rings. The lowest BCUT2D eigenvalue weighted by atomic mass is 10.3. The minimum Gasteiger partial charge on any atom is -0.450 e. The second kappa shape index (κ2) is 7.02. The summed E-state index contributed by atoms with van der Waals surface area (Å²) >= 11 is 0. The Hall–Kier alpha value is -2.71. The van der Waals surface area contributed by atoms with Crippen molar-refractivity contribution < 1.29 is 19.1 Å². The summed E-state index contributed by atoms with van der Waals surface area (Å²) in [6.07, 6.45) is -1.41. The SMILES string of the molecule is CCOC(=O)Nc1cc(N)c(N)c(NC(=O)OCC)n1. The maximum Gasteiger partial charge on any atom is 0.412 e. The number of nitrogen functional groups attached to an aromatic ring is 2. The highest BCUT2D eigenvalue weighted by Crippen LogP contribution is 2.26. The molecule has 1 aromatic rings. The second-order valence-electron chi connectivity index (χ2n) is 3.55. The van der Waals surface area contributed by atoms with Crippen molar-refractivity contribution in [3.05, 3.63) is 6.07 Å². The zero-order valence-corrected chi connectivity index (χ0v) is 11.2. The summed E-state index contributed by atoms with van der Waals surface area (Å²) in [6, 6.07) is 1.35. The van der Waals surface area contributed by atoms with E-state index in [-0.39, 0.29) is 36.2 Å². The number of nitrogens with zero attached hydrogens (tertiary/aromatic N) is 1. The first-order valence-electron chi connectivity index (χ1n) is 5.91. The molecule has 0 saturated heterocycles. The van der Waals surface area contributed by atoms with Gasteiger partial charge in [-0.25, -0.2) is 14.6 Å². The second-order valence-corrected chi connectivity index (χ2v) is 3.55. The first-order chi connectivity index (χ1) is 9.47. The van der Waals surface area contributed by atoms with Crippen LogP contribution in [0.1, 0.15) is 13.8 Å². The third kappa shape index (κ3) is 4.19. The predicted molar refractivity (Wildman–Crippen MR) is 74.4 cm³/mol. The topological polar surface area (TPSA) is 142 Å². The fraction of sp³-hybridized carbons (Fsp3) is 0.364. The van der Waals surface area contributed by atoms with Crippen LogP contribution in [0.5, 0.6) is 0 Å². The Balaban J connectivity index is 2.91. The smallest absolute Gasteiger partial charge is 0.412 e. The molecule has 20 heavy (non-hydrogen) atoms. The molecule has 0 bridgehead atoms. The van der Waals surface area contributed by atoms with Crippen LogP contribution in [-0.4, -0.2) is 30.4 Å². The molecule has 0 radical (unpaired) electrons. The Morgan fingerprint density at radius 1 is 1.15 bits per heavy atom. The molecule has 6 N–H and O–H groups in total. The summed E-state index contributed by atoms with van der Waals surface area (Å²) in [4.78, 5) is 26.6. The molecule has 9 nitrogen and oxygen atoms in total. The van der Waals surface area contributed by atoms with E-state index < -0.39 is 12.2 Å². The van der Waals surface area contributed by atoms with Gasteiger partial charge < -0.3 is 20.9 Å². The number of hydrogen-bond donors (Lipinski definition) is 4. The van der Waals surface area contributed by atoms with Crippen LogP contribution in [0.3, 0.4) is 0 Å². The van der Waals surface area contributed by atoms with Crippen molar-refractivity contribution in [1.29, 1.82) is 0 Å². The summed E-state index contributed by atoms with van der Waals surface area (Å²) in [6.45, 7) is 3.73. The van der Waals surface area contributed by atoms with Crippen LogP contribution in [0.4, 0.5) is 32.6 Å². The number of amides is 2. The highest BCUT2D eigenvalue weighted by molar-refractivity contribution is 5.93. The van der Waals surface area contributed by atoms with Gasteiger partial charge in [-0.15, -0.1) is 0 Å². The van der Waals surface area contributed by atoms with E-state index in [1.165, 1.54) is 6.07 Å². The molecule has 0 saturated carbocycles. The molecule has 1 heterocycles. The molecule has 0 aliphatic carbocycles. The maximum atomic E-state index is 11.3. The highest BCUT2D eigenvalue weighted by atomic mass is 16.6. The molecule has 9 heteroatoms. The number of pyridine rings is 1. The lowest BCUT2D eigenvalue weighted by Gasteiger charge is -2.12. The van der Waals surface area contributed by atoms with Crippen molar-refractivity contribution in [2.75, 3.05) is 35.3 Å². The molecule has 1 aromatic heterocycles. The van der Waals surface area contributed by atoms with Crippen LogP contribution in [0, 0.1) is 0 Å². The van der Waals surface area contributed by atoms with Gasteiger partial charge in [-0.2, -0.15) is 0 Å². The number of rotatable bonds is 4. The van der Waals surface area contributed by atoms with Gasteiger partial charge in [-0.3, -0.25) is 10.6 Å². The van der Waals surface area contributed by atoms with Gasteiger partial charge in [0.05, 0.1) is 24.6 Å². The van der Waals surface area contributed by atoms with Gasteiger partial charge >= 0.3 is 12.2 Å². The molecule has 2 amide bonds.